The van der Waals surface area contributed by atoms with E-state index < -0.39 is 0 Å². The molecule has 2 rings (SSSR count). The molecule has 0 spiro atoms. The van der Waals surface area contributed by atoms with Crippen molar-refractivity contribution < 1.29 is 0 Å². The number of hydrogen-bond acceptors (Lipinski definition) is 3. The zero-order chi connectivity index (χ0) is 9.97. The number of rotatable bonds is 2. The van der Waals surface area contributed by atoms with E-state index in [1.807, 2.05) is 25.4 Å². The quantitative estimate of drug-likeness (QED) is 0.763. The summed E-state index contributed by atoms with van der Waals surface area (Å²) in [5.41, 5.74) is 8.49. The van der Waals surface area contributed by atoms with Crippen LogP contribution in [0.25, 0.3) is 11.3 Å². The molecule has 0 aliphatic heterocycles. The Morgan fingerprint density at radius 3 is 2.93 bits per heavy atom. The average molecular weight is 188 g/mol. The van der Waals surface area contributed by atoms with Crippen molar-refractivity contribution in [1.82, 2.24) is 14.8 Å². The average Bonchev–Trinajstić information content (AvgIpc) is 2.65. The molecule has 0 saturated heterocycles. The van der Waals surface area contributed by atoms with Crippen molar-refractivity contribution in [1.29, 1.82) is 0 Å². The van der Waals surface area contributed by atoms with Crippen LogP contribution in [0.5, 0.6) is 0 Å². The third kappa shape index (κ3) is 1.65. The summed E-state index contributed by atoms with van der Waals surface area (Å²) >= 11 is 0. The van der Waals surface area contributed by atoms with Gasteiger partial charge < -0.3 is 5.73 Å². The zero-order valence-electron chi connectivity index (χ0n) is 8.01. The minimum atomic E-state index is 0.508. The third-order valence-corrected chi connectivity index (χ3v) is 2.04. The highest BCUT2D eigenvalue weighted by Crippen LogP contribution is 2.16. The highest BCUT2D eigenvalue weighted by molar-refractivity contribution is 5.57. The molecule has 72 valence electrons. The molecule has 0 fully saturated rings. The summed E-state index contributed by atoms with van der Waals surface area (Å²) in [6.07, 6.45) is 5.47. The van der Waals surface area contributed by atoms with Crippen molar-refractivity contribution >= 4 is 0 Å². The second kappa shape index (κ2) is 3.59. The zero-order valence-corrected chi connectivity index (χ0v) is 8.01. The molecule has 4 nitrogen and oxygen atoms in total. The van der Waals surface area contributed by atoms with Gasteiger partial charge in [0.15, 0.2) is 0 Å². The Balaban J connectivity index is 2.41. The molecule has 0 saturated carbocycles. The van der Waals surface area contributed by atoms with E-state index >= 15 is 0 Å². The van der Waals surface area contributed by atoms with Crippen molar-refractivity contribution in [3.63, 3.8) is 0 Å². The summed E-state index contributed by atoms with van der Waals surface area (Å²) in [4.78, 5) is 4.11. The van der Waals surface area contributed by atoms with Crippen LogP contribution in [0.3, 0.4) is 0 Å². The Hall–Kier alpha value is -1.68. The van der Waals surface area contributed by atoms with Crippen LogP contribution in [0.1, 0.15) is 5.56 Å². The third-order valence-electron chi connectivity index (χ3n) is 2.04. The van der Waals surface area contributed by atoms with E-state index in [1.54, 1.807) is 17.1 Å². The van der Waals surface area contributed by atoms with Gasteiger partial charge in [-0.15, -0.1) is 0 Å². The van der Waals surface area contributed by atoms with Gasteiger partial charge in [0.1, 0.15) is 0 Å². The normalized spacial score (nSPS) is 10.4. The van der Waals surface area contributed by atoms with Gasteiger partial charge >= 0.3 is 0 Å². The fraction of sp³-hybridized carbons (Fsp3) is 0.200. The van der Waals surface area contributed by atoms with Gasteiger partial charge in [-0.25, -0.2) is 0 Å². The molecule has 0 atom stereocenters. The van der Waals surface area contributed by atoms with Crippen LogP contribution in [0, 0.1) is 0 Å². The summed E-state index contributed by atoms with van der Waals surface area (Å²) < 4.78 is 1.77. The van der Waals surface area contributed by atoms with E-state index in [4.69, 9.17) is 5.73 Å². The van der Waals surface area contributed by atoms with Gasteiger partial charge in [0.2, 0.25) is 0 Å². The molecule has 4 heteroatoms. The van der Waals surface area contributed by atoms with Crippen LogP contribution in [-0.4, -0.2) is 14.8 Å². The molecule has 0 amide bonds. The van der Waals surface area contributed by atoms with Crippen LogP contribution >= 0.6 is 0 Å². The Morgan fingerprint density at radius 1 is 1.43 bits per heavy atom. The van der Waals surface area contributed by atoms with Crippen molar-refractivity contribution in [2.45, 2.75) is 6.54 Å². The first-order valence-electron chi connectivity index (χ1n) is 4.43. The Labute approximate surface area is 82.4 Å². The van der Waals surface area contributed by atoms with E-state index in [9.17, 15) is 0 Å². The van der Waals surface area contributed by atoms with Crippen LogP contribution in [0.4, 0.5) is 0 Å². The van der Waals surface area contributed by atoms with Gasteiger partial charge in [0.05, 0.1) is 5.69 Å². The molecule has 0 aliphatic rings. The Morgan fingerprint density at radius 2 is 2.29 bits per heavy atom. The fourth-order valence-corrected chi connectivity index (χ4v) is 1.31. The summed E-state index contributed by atoms with van der Waals surface area (Å²) in [6.45, 7) is 0.508. The van der Waals surface area contributed by atoms with Crippen molar-refractivity contribution in [3.8, 4) is 11.3 Å². The van der Waals surface area contributed by atoms with E-state index in [1.165, 1.54) is 0 Å². The lowest BCUT2D eigenvalue weighted by Gasteiger charge is -1.99. The maximum Gasteiger partial charge on any atom is 0.0938 e. The SMILES string of the molecule is Cn1ccc(-c2cncc(CN)c2)n1. The van der Waals surface area contributed by atoms with Gasteiger partial charge in [-0.1, -0.05) is 0 Å². The Kier molecular flexibility index (Phi) is 2.28. The van der Waals surface area contributed by atoms with Crippen LogP contribution < -0.4 is 5.73 Å². The second-order valence-corrected chi connectivity index (χ2v) is 3.16. The molecule has 0 aliphatic carbocycles. The summed E-state index contributed by atoms with van der Waals surface area (Å²) in [7, 11) is 1.89. The summed E-state index contributed by atoms with van der Waals surface area (Å²) in [5.74, 6) is 0. The molecular weight excluding hydrogens is 176 g/mol. The van der Waals surface area contributed by atoms with E-state index in [-0.39, 0.29) is 0 Å². The number of nitrogens with zero attached hydrogens (tertiary/aromatic N) is 3. The fourth-order valence-electron chi connectivity index (χ4n) is 1.31. The topological polar surface area (TPSA) is 56.7 Å². The van der Waals surface area contributed by atoms with Gasteiger partial charge in [0.25, 0.3) is 0 Å². The molecule has 14 heavy (non-hydrogen) atoms. The minimum Gasteiger partial charge on any atom is -0.326 e. The smallest absolute Gasteiger partial charge is 0.0938 e. The highest BCUT2D eigenvalue weighted by atomic mass is 15.2. The minimum absolute atomic E-state index is 0.508. The standard InChI is InChI=1S/C10H12N4/c1-14-3-2-10(13-14)9-4-8(5-11)6-12-7-9/h2-4,6-7H,5,11H2,1H3. The first kappa shape index (κ1) is 8.90. The molecule has 2 aromatic heterocycles. The van der Waals surface area contributed by atoms with E-state index in [0.29, 0.717) is 6.54 Å². The molecule has 0 aromatic carbocycles. The number of aryl methyl sites for hydroxylation is 1. The number of pyridine rings is 1. The number of aromatic nitrogens is 3. The van der Waals surface area contributed by atoms with Crippen LogP contribution in [-0.2, 0) is 13.6 Å². The monoisotopic (exact) mass is 188 g/mol. The lowest BCUT2D eigenvalue weighted by atomic mass is 10.1. The van der Waals surface area contributed by atoms with Crippen molar-refractivity contribution in [3.05, 3.63) is 36.3 Å². The highest BCUT2D eigenvalue weighted by Gasteiger charge is 2.01. The predicted octanol–water partition coefficient (Wildman–Crippen LogP) is 0.941. The molecule has 0 bridgehead atoms. The first-order valence-corrected chi connectivity index (χ1v) is 4.43. The van der Waals surface area contributed by atoms with Gasteiger partial charge in [-0.3, -0.25) is 9.67 Å². The maximum absolute atomic E-state index is 5.54. The van der Waals surface area contributed by atoms with E-state index in [2.05, 4.69) is 10.1 Å². The van der Waals surface area contributed by atoms with Crippen molar-refractivity contribution in [2.24, 2.45) is 12.8 Å². The second-order valence-electron chi connectivity index (χ2n) is 3.16. The molecule has 2 N–H and O–H groups in total. The van der Waals surface area contributed by atoms with Gasteiger partial charge in [0, 0.05) is 37.7 Å². The lowest BCUT2D eigenvalue weighted by Crippen LogP contribution is -1.97. The van der Waals surface area contributed by atoms with Crippen molar-refractivity contribution in [2.75, 3.05) is 0 Å². The number of hydrogen-bond donors (Lipinski definition) is 1. The molecular formula is C10H12N4. The maximum atomic E-state index is 5.54. The largest absolute Gasteiger partial charge is 0.326 e. The van der Waals surface area contributed by atoms with E-state index in [0.717, 1.165) is 16.8 Å². The molecule has 2 heterocycles. The predicted molar refractivity (Wildman–Crippen MR) is 54.3 cm³/mol. The summed E-state index contributed by atoms with van der Waals surface area (Å²) in [6, 6.07) is 3.96. The van der Waals surface area contributed by atoms with Crippen LogP contribution in [0.2, 0.25) is 0 Å². The van der Waals surface area contributed by atoms with Crippen LogP contribution in [0.15, 0.2) is 30.7 Å². The van der Waals surface area contributed by atoms with Gasteiger partial charge in [-0.05, 0) is 17.7 Å². The van der Waals surface area contributed by atoms with Gasteiger partial charge in [-0.2, -0.15) is 5.10 Å². The first-order chi connectivity index (χ1) is 6.79. The molecule has 0 radical (unpaired) electrons. The molecule has 2 aromatic rings. The lowest BCUT2D eigenvalue weighted by molar-refractivity contribution is 0.770. The Bertz CT molecular complexity index is 433. The summed E-state index contributed by atoms with van der Waals surface area (Å²) in [5, 5.41) is 4.29. The number of nitrogens with two attached hydrogens (primary N) is 1. The molecule has 0 unspecified atom stereocenters.